The van der Waals surface area contributed by atoms with Crippen molar-refractivity contribution in [1.29, 1.82) is 0 Å². The molecule has 5 nitrogen and oxygen atoms in total. The van der Waals surface area contributed by atoms with E-state index in [0.29, 0.717) is 12.4 Å². The van der Waals surface area contributed by atoms with E-state index in [-0.39, 0.29) is 6.61 Å². The van der Waals surface area contributed by atoms with Crippen LogP contribution < -0.4 is 4.74 Å². The summed E-state index contributed by atoms with van der Waals surface area (Å²) in [6.45, 7) is 2.47. The van der Waals surface area contributed by atoms with Gasteiger partial charge in [0, 0.05) is 12.2 Å². The van der Waals surface area contributed by atoms with Crippen LogP contribution in [0, 0.1) is 0 Å². The minimum atomic E-state index is -0.595. The van der Waals surface area contributed by atoms with E-state index in [0.717, 1.165) is 36.3 Å². The molecule has 0 saturated heterocycles. The van der Waals surface area contributed by atoms with Crippen LogP contribution >= 0.6 is 0 Å². The highest BCUT2D eigenvalue weighted by Gasteiger charge is 2.03. The molecule has 0 radical (unpaired) electrons. The second-order valence-electron chi connectivity index (χ2n) is 5.52. The molecule has 2 rings (SSSR count). The lowest BCUT2D eigenvalue weighted by atomic mass is 10.2. The van der Waals surface area contributed by atoms with Crippen molar-refractivity contribution in [2.45, 2.75) is 26.4 Å². The highest BCUT2D eigenvalue weighted by atomic mass is 16.5. The standard InChI is InChI=1S/C21H22O5/c1-2-3-15-24-20(22)13-14-21(23)25-16-17-9-11-19(12-10-17)26-18-7-5-4-6-8-18/h4-14H,2-3,15-16H2,1H3/b14-13+. The molecule has 2 aromatic rings. The summed E-state index contributed by atoms with van der Waals surface area (Å²) >= 11 is 0. The number of carbonyl (C=O) groups is 2. The number of hydrogen-bond acceptors (Lipinski definition) is 5. The topological polar surface area (TPSA) is 61.8 Å². The number of hydrogen-bond donors (Lipinski definition) is 0. The average molecular weight is 354 g/mol. The molecule has 0 aliphatic rings. The molecule has 0 aromatic heterocycles. The zero-order chi connectivity index (χ0) is 18.6. The molecule has 0 aliphatic carbocycles. The number of benzene rings is 2. The number of para-hydroxylation sites is 1. The van der Waals surface area contributed by atoms with E-state index in [1.165, 1.54) is 0 Å². The third-order valence-electron chi connectivity index (χ3n) is 3.38. The molecule has 0 spiro atoms. The molecule has 0 saturated carbocycles. The minimum Gasteiger partial charge on any atom is -0.463 e. The molecule has 136 valence electrons. The van der Waals surface area contributed by atoms with Gasteiger partial charge in [-0.1, -0.05) is 43.7 Å². The van der Waals surface area contributed by atoms with Crippen molar-refractivity contribution in [2.75, 3.05) is 6.61 Å². The minimum absolute atomic E-state index is 0.111. The lowest BCUT2D eigenvalue weighted by Crippen LogP contribution is -2.05. The molecule has 0 aliphatic heterocycles. The Balaban J connectivity index is 1.75. The maximum Gasteiger partial charge on any atom is 0.331 e. The quantitative estimate of drug-likeness (QED) is 0.379. The lowest BCUT2D eigenvalue weighted by Gasteiger charge is -2.07. The first-order chi connectivity index (χ1) is 12.7. The molecule has 2 aromatic carbocycles. The number of carbonyl (C=O) groups excluding carboxylic acids is 2. The van der Waals surface area contributed by atoms with Gasteiger partial charge in [0.1, 0.15) is 18.1 Å². The van der Waals surface area contributed by atoms with Crippen LogP contribution in [0.1, 0.15) is 25.3 Å². The molecule has 0 fully saturated rings. The molecule has 0 heterocycles. The fraction of sp³-hybridized carbons (Fsp3) is 0.238. The second-order valence-corrected chi connectivity index (χ2v) is 5.52. The predicted octanol–water partition coefficient (Wildman–Crippen LogP) is 4.42. The van der Waals surface area contributed by atoms with E-state index in [2.05, 4.69) is 0 Å². The van der Waals surface area contributed by atoms with Gasteiger partial charge in [-0.05, 0) is 36.2 Å². The van der Waals surface area contributed by atoms with Crippen LogP contribution in [-0.4, -0.2) is 18.5 Å². The van der Waals surface area contributed by atoms with Gasteiger partial charge in [0.05, 0.1) is 6.61 Å². The highest BCUT2D eigenvalue weighted by Crippen LogP contribution is 2.21. The van der Waals surface area contributed by atoms with Crippen LogP contribution in [-0.2, 0) is 25.7 Å². The Morgan fingerprint density at radius 1 is 0.846 bits per heavy atom. The van der Waals surface area contributed by atoms with Crippen LogP contribution in [0.25, 0.3) is 0 Å². The Morgan fingerprint density at radius 3 is 2.12 bits per heavy atom. The van der Waals surface area contributed by atoms with E-state index in [4.69, 9.17) is 14.2 Å². The molecule has 5 heteroatoms. The van der Waals surface area contributed by atoms with Crippen LogP contribution in [0.15, 0.2) is 66.7 Å². The monoisotopic (exact) mass is 354 g/mol. The van der Waals surface area contributed by atoms with E-state index in [1.807, 2.05) is 49.4 Å². The zero-order valence-electron chi connectivity index (χ0n) is 14.7. The van der Waals surface area contributed by atoms with Gasteiger partial charge in [0.2, 0.25) is 0 Å². The number of unbranched alkanes of at least 4 members (excludes halogenated alkanes) is 1. The Morgan fingerprint density at radius 2 is 1.46 bits per heavy atom. The normalized spacial score (nSPS) is 10.5. The maximum absolute atomic E-state index is 11.6. The summed E-state index contributed by atoms with van der Waals surface area (Å²) < 4.78 is 15.7. The highest BCUT2D eigenvalue weighted by molar-refractivity contribution is 5.91. The third-order valence-corrected chi connectivity index (χ3v) is 3.38. The van der Waals surface area contributed by atoms with Crippen molar-refractivity contribution >= 4 is 11.9 Å². The SMILES string of the molecule is CCCCOC(=O)/C=C/C(=O)OCc1ccc(Oc2ccccc2)cc1. The van der Waals surface area contributed by atoms with Gasteiger partial charge in [0.25, 0.3) is 0 Å². The van der Waals surface area contributed by atoms with Crippen molar-refractivity contribution < 1.29 is 23.8 Å². The average Bonchev–Trinajstić information content (AvgIpc) is 2.67. The van der Waals surface area contributed by atoms with Crippen LogP contribution in [0.5, 0.6) is 11.5 Å². The van der Waals surface area contributed by atoms with Crippen molar-refractivity contribution in [3.05, 3.63) is 72.3 Å². The van der Waals surface area contributed by atoms with Gasteiger partial charge in [0.15, 0.2) is 0 Å². The van der Waals surface area contributed by atoms with Crippen molar-refractivity contribution in [3.63, 3.8) is 0 Å². The summed E-state index contributed by atoms with van der Waals surface area (Å²) in [7, 11) is 0. The summed E-state index contributed by atoms with van der Waals surface area (Å²) in [6.07, 6.45) is 3.89. The fourth-order valence-corrected chi connectivity index (χ4v) is 1.98. The number of esters is 2. The summed E-state index contributed by atoms with van der Waals surface area (Å²) in [4.78, 5) is 23.0. The largest absolute Gasteiger partial charge is 0.463 e. The first kappa shape index (κ1) is 19.2. The predicted molar refractivity (Wildman–Crippen MR) is 97.8 cm³/mol. The molecular weight excluding hydrogens is 332 g/mol. The molecule has 0 N–H and O–H groups in total. The molecule has 0 unspecified atom stereocenters. The van der Waals surface area contributed by atoms with Crippen molar-refractivity contribution in [3.8, 4) is 11.5 Å². The third kappa shape index (κ3) is 7.21. The van der Waals surface area contributed by atoms with E-state index in [1.54, 1.807) is 12.1 Å². The second kappa shape index (κ2) is 10.7. The van der Waals surface area contributed by atoms with E-state index < -0.39 is 11.9 Å². The van der Waals surface area contributed by atoms with Gasteiger partial charge in [-0.2, -0.15) is 0 Å². The number of rotatable bonds is 9. The summed E-state index contributed by atoms with van der Waals surface area (Å²) in [5.41, 5.74) is 0.817. The van der Waals surface area contributed by atoms with Crippen LogP contribution in [0.2, 0.25) is 0 Å². The van der Waals surface area contributed by atoms with Gasteiger partial charge in [-0.3, -0.25) is 0 Å². The molecule has 0 bridgehead atoms. The Bertz CT molecular complexity index is 720. The van der Waals surface area contributed by atoms with Crippen molar-refractivity contribution in [2.24, 2.45) is 0 Å². The first-order valence-electron chi connectivity index (χ1n) is 8.51. The maximum atomic E-state index is 11.6. The van der Waals surface area contributed by atoms with Gasteiger partial charge >= 0.3 is 11.9 Å². The van der Waals surface area contributed by atoms with Crippen LogP contribution in [0.4, 0.5) is 0 Å². The number of ether oxygens (including phenoxy) is 3. The summed E-state index contributed by atoms with van der Waals surface area (Å²) in [5, 5.41) is 0. The Labute approximate surface area is 153 Å². The van der Waals surface area contributed by atoms with Crippen molar-refractivity contribution in [1.82, 2.24) is 0 Å². The van der Waals surface area contributed by atoms with Gasteiger partial charge in [-0.15, -0.1) is 0 Å². The first-order valence-corrected chi connectivity index (χ1v) is 8.51. The van der Waals surface area contributed by atoms with Crippen LogP contribution in [0.3, 0.4) is 0 Å². The molecule has 0 amide bonds. The van der Waals surface area contributed by atoms with Gasteiger partial charge in [-0.25, -0.2) is 9.59 Å². The lowest BCUT2D eigenvalue weighted by molar-refractivity contribution is -0.141. The summed E-state index contributed by atoms with van der Waals surface area (Å²) in [5.74, 6) is 0.309. The smallest absolute Gasteiger partial charge is 0.331 e. The van der Waals surface area contributed by atoms with Gasteiger partial charge < -0.3 is 14.2 Å². The molecule has 26 heavy (non-hydrogen) atoms. The summed E-state index contributed by atoms with van der Waals surface area (Å²) in [6, 6.07) is 16.7. The van der Waals surface area contributed by atoms with E-state index >= 15 is 0 Å². The fourth-order valence-electron chi connectivity index (χ4n) is 1.98. The Hall–Kier alpha value is -3.08. The molecule has 0 atom stereocenters. The Kier molecular flexibility index (Phi) is 7.93. The molecular formula is C21H22O5. The van der Waals surface area contributed by atoms with E-state index in [9.17, 15) is 9.59 Å². The zero-order valence-corrected chi connectivity index (χ0v) is 14.7.